The normalized spacial score (nSPS) is 12.4. The monoisotopic (exact) mass is 249 g/mol. The zero-order chi connectivity index (χ0) is 12.3. The van der Waals surface area contributed by atoms with Gasteiger partial charge in [-0.3, -0.25) is 0 Å². The van der Waals surface area contributed by atoms with Gasteiger partial charge in [0, 0.05) is 24.0 Å². The van der Waals surface area contributed by atoms with Crippen LogP contribution in [0.1, 0.15) is 25.5 Å². The molecule has 0 aliphatic carbocycles. The standard InChI is InChI=1S/C13H16ClN3/c1-3-17-9-8-15-13(17)16-10(2)11-4-6-12(14)7-5-11/h4-10H,3H2,1-2H3,(H,15,16). The Morgan fingerprint density at radius 2 is 2.06 bits per heavy atom. The second-order valence-corrected chi connectivity index (χ2v) is 4.39. The van der Waals surface area contributed by atoms with E-state index in [0.717, 1.165) is 17.5 Å². The van der Waals surface area contributed by atoms with E-state index in [9.17, 15) is 0 Å². The Morgan fingerprint density at radius 3 is 2.71 bits per heavy atom. The first-order chi connectivity index (χ1) is 8.20. The molecule has 0 bridgehead atoms. The first kappa shape index (κ1) is 12.0. The van der Waals surface area contributed by atoms with Gasteiger partial charge in [0.1, 0.15) is 0 Å². The van der Waals surface area contributed by atoms with Crippen LogP contribution in [0.5, 0.6) is 0 Å². The lowest BCUT2D eigenvalue weighted by atomic mass is 10.1. The van der Waals surface area contributed by atoms with Crippen molar-refractivity contribution >= 4 is 17.5 Å². The quantitative estimate of drug-likeness (QED) is 0.895. The van der Waals surface area contributed by atoms with Gasteiger partial charge in [0.15, 0.2) is 0 Å². The molecule has 4 heteroatoms. The van der Waals surface area contributed by atoms with Crippen LogP contribution in [0.4, 0.5) is 5.95 Å². The van der Waals surface area contributed by atoms with Crippen molar-refractivity contribution in [3.63, 3.8) is 0 Å². The highest BCUT2D eigenvalue weighted by Gasteiger charge is 2.08. The third-order valence-electron chi connectivity index (χ3n) is 2.77. The van der Waals surface area contributed by atoms with Crippen LogP contribution in [0, 0.1) is 0 Å². The number of anilines is 1. The van der Waals surface area contributed by atoms with Gasteiger partial charge in [-0.2, -0.15) is 0 Å². The van der Waals surface area contributed by atoms with Crippen molar-refractivity contribution in [3.05, 3.63) is 47.2 Å². The highest BCUT2D eigenvalue weighted by Crippen LogP contribution is 2.19. The lowest BCUT2D eigenvalue weighted by Crippen LogP contribution is -2.11. The van der Waals surface area contributed by atoms with E-state index in [1.807, 2.05) is 30.5 Å². The molecule has 90 valence electrons. The Kier molecular flexibility index (Phi) is 3.69. The average Bonchev–Trinajstić information content (AvgIpc) is 2.77. The van der Waals surface area contributed by atoms with Gasteiger partial charge >= 0.3 is 0 Å². The molecule has 3 nitrogen and oxygen atoms in total. The van der Waals surface area contributed by atoms with Crippen LogP contribution in [-0.4, -0.2) is 9.55 Å². The smallest absolute Gasteiger partial charge is 0.203 e. The van der Waals surface area contributed by atoms with Gasteiger partial charge in [-0.25, -0.2) is 4.98 Å². The number of aromatic nitrogens is 2. The molecule has 0 fully saturated rings. The van der Waals surface area contributed by atoms with E-state index in [4.69, 9.17) is 11.6 Å². The molecular formula is C13H16ClN3. The maximum Gasteiger partial charge on any atom is 0.203 e. The first-order valence-corrected chi connectivity index (χ1v) is 6.11. The summed E-state index contributed by atoms with van der Waals surface area (Å²) in [4.78, 5) is 4.30. The van der Waals surface area contributed by atoms with E-state index < -0.39 is 0 Å². The molecule has 1 aromatic carbocycles. The van der Waals surface area contributed by atoms with Crippen LogP contribution in [0.25, 0.3) is 0 Å². The van der Waals surface area contributed by atoms with Gasteiger partial charge in [-0.1, -0.05) is 23.7 Å². The highest BCUT2D eigenvalue weighted by molar-refractivity contribution is 6.30. The SMILES string of the molecule is CCn1ccnc1NC(C)c1ccc(Cl)cc1. The minimum absolute atomic E-state index is 0.208. The Bertz CT molecular complexity index is 476. The summed E-state index contributed by atoms with van der Waals surface area (Å²) in [5.74, 6) is 0.898. The minimum atomic E-state index is 0.208. The molecule has 0 saturated heterocycles. The largest absolute Gasteiger partial charge is 0.349 e. The van der Waals surface area contributed by atoms with Crippen molar-refractivity contribution < 1.29 is 0 Å². The van der Waals surface area contributed by atoms with Crippen LogP contribution in [0.2, 0.25) is 5.02 Å². The molecule has 0 saturated carbocycles. The fraction of sp³-hybridized carbons (Fsp3) is 0.308. The molecule has 1 heterocycles. The molecular weight excluding hydrogens is 234 g/mol. The Hall–Kier alpha value is -1.48. The molecule has 1 N–H and O–H groups in total. The highest BCUT2D eigenvalue weighted by atomic mass is 35.5. The number of rotatable bonds is 4. The van der Waals surface area contributed by atoms with Gasteiger partial charge in [0.25, 0.3) is 0 Å². The van der Waals surface area contributed by atoms with Gasteiger partial charge in [0.2, 0.25) is 5.95 Å². The summed E-state index contributed by atoms with van der Waals surface area (Å²) in [7, 11) is 0. The lowest BCUT2D eigenvalue weighted by Gasteiger charge is -2.15. The summed E-state index contributed by atoms with van der Waals surface area (Å²) in [6.07, 6.45) is 3.78. The van der Waals surface area contributed by atoms with Crippen molar-refractivity contribution in [2.45, 2.75) is 26.4 Å². The summed E-state index contributed by atoms with van der Waals surface area (Å²) in [6.45, 7) is 5.12. The number of hydrogen-bond donors (Lipinski definition) is 1. The molecule has 0 aliphatic heterocycles. The van der Waals surface area contributed by atoms with Crippen molar-refractivity contribution in [3.8, 4) is 0 Å². The van der Waals surface area contributed by atoms with E-state index in [0.29, 0.717) is 0 Å². The lowest BCUT2D eigenvalue weighted by molar-refractivity contribution is 0.744. The molecule has 0 aliphatic rings. The van der Waals surface area contributed by atoms with Gasteiger partial charge in [-0.15, -0.1) is 0 Å². The van der Waals surface area contributed by atoms with E-state index in [2.05, 4.69) is 28.7 Å². The predicted molar refractivity (Wildman–Crippen MR) is 71.4 cm³/mol. The molecule has 0 radical (unpaired) electrons. The van der Waals surface area contributed by atoms with Gasteiger partial charge in [0.05, 0.1) is 6.04 Å². The third-order valence-corrected chi connectivity index (χ3v) is 3.02. The molecule has 0 amide bonds. The summed E-state index contributed by atoms with van der Waals surface area (Å²) in [6, 6.07) is 8.07. The van der Waals surface area contributed by atoms with Crippen molar-refractivity contribution in [2.24, 2.45) is 0 Å². The van der Waals surface area contributed by atoms with Crippen molar-refractivity contribution in [2.75, 3.05) is 5.32 Å². The van der Waals surface area contributed by atoms with Crippen LogP contribution in [0.3, 0.4) is 0 Å². The van der Waals surface area contributed by atoms with E-state index >= 15 is 0 Å². The van der Waals surface area contributed by atoms with E-state index in [-0.39, 0.29) is 6.04 Å². The zero-order valence-electron chi connectivity index (χ0n) is 10.0. The maximum atomic E-state index is 5.87. The van der Waals surface area contributed by atoms with Crippen molar-refractivity contribution in [1.82, 2.24) is 9.55 Å². The maximum absolute atomic E-state index is 5.87. The Balaban J connectivity index is 2.11. The third kappa shape index (κ3) is 2.80. The number of halogens is 1. The number of imidazole rings is 1. The van der Waals surface area contributed by atoms with Gasteiger partial charge in [-0.05, 0) is 31.5 Å². The first-order valence-electron chi connectivity index (χ1n) is 5.74. The number of aryl methyl sites for hydroxylation is 1. The summed E-state index contributed by atoms with van der Waals surface area (Å²) < 4.78 is 2.08. The fourth-order valence-corrected chi connectivity index (χ4v) is 1.86. The predicted octanol–water partition coefficient (Wildman–Crippen LogP) is 3.73. The zero-order valence-corrected chi connectivity index (χ0v) is 10.8. The molecule has 2 rings (SSSR count). The summed E-state index contributed by atoms with van der Waals surface area (Å²) in [5, 5.41) is 4.15. The second kappa shape index (κ2) is 5.23. The van der Waals surface area contributed by atoms with Crippen LogP contribution in [-0.2, 0) is 6.54 Å². The molecule has 1 aromatic heterocycles. The van der Waals surface area contributed by atoms with E-state index in [1.54, 1.807) is 6.20 Å². The molecule has 17 heavy (non-hydrogen) atoms. The Labute approximate surface area is 106 Å². The second-order valence-electron chi connectivity index (χ2n) is 3.95. The summed E-state index contributed by atoms with van der Waals surface area (Å²) in [5.41, 5.74) is 1.19. The Morgan fingerprint density at radius 1 is 1.35 bits per heavy atom. The molecule has 2 aromatic rings. The van der Waals surface area contributed by atoms with Crippen LogP contribution < -0.4 is 5.32 Å². The van der Waals surface area contributed by atoms with Crippen molar-refractivity contribution in [1.29, 1.82) is 0 Å². The van der Waals surface area contributed by atoms with Gasteiger partial charge < -0.3 is 9.88 Å². The molecule has 1 unspecified atom stereocenters. The molecule has 0 spiro atoms. The van der Waals surface area contributed by atoms with Crippen LogP contribution in [0.15, 0.2) is 36.7 Å². The number of nitrogens with one attached hydrogen (secondary N) is 1. The average molecular weight is 250 g/mol. The number of nitrogens with zero attached hydrogens (tertiary/aromatic N) is 2. The number of benzene rings is 1. The minimum Gasteiger partial charge on any atom is -0.349 e. The molecule has 1 atom stereocenters. The number of hydrogen-bond acceptors (Lipinski definition) is 2. The fourth-order valence-electron chi connectivity index (χ4n) is 1.73. The topological polar surface area (TPSA) is 29.9 Å². The summed E-state index contributed by atoms with van der Waals surface area (Å²) >= 11 is 5.87. The van der Waals surface area contributed by atoms with Crippen LogP contribution >= 0.6 is 11.6 Å². The van der Waals surface area contributed by atoms with E-state index in [1.165, 1.54) is 5.56 Å².